The molecular formula is C16H23N3. The van der Waals surface area contributed by atoms with Crippen LogP contribution in [-0.4, -0.2) is 35.6 Å². The number of rotatable bonds is 2. The number of aromatic nitrogens is 1. The number of fused-ring (bicyclic) bond motifs is 1. The van der Waals surface area contributed by atoms with Gasteiger partial charge >= 0.3 is 0 Å². The molecule has 1 fully saturated rings. The predicted molar refractivity (Wildman–Crippen MR) is 80.4 cm³/mol. The Hall–Kier alpha value is -1.32. The van der Waals surface area contributed by atoms with Crippen molar-refractivity contribution in [3.05, 3.63) is 35.5 Å². The van der Waals surface area contributed by atoms with Crippen LogP contribution < -0.4 is 5.32 Å². The summed E-state index contributed by atoms with van der Waals surface area (Å²) >= 11 is 0. The summed E-state index contributed by atoms with van der Waals surface area (Å²) in [5, 5.41) is 4.88. The highest BCUT2D eigenvalue weighted by Gasteiger charge is 2.13. The first kappa shape index (κ1) is 12.7. The SMILES string of the molecule is Cc1ccc2c(c1)c(CN1CCCNCC1)cn2C. The first-order valence-corrected chi connectivity index (χ1v) is 7.22. The lowest BCUT2D eigenvalue weighted by molar-refractivity contribution is 0.285. The van der Waals surface area contributed by atoms with Gasteiger partial charge in [0.15, 0.2) is 0 Å². The quantitative estimate of drug-likeness (QED) is 0.890. The third-order valence-corrected chi connectivity index (χ3v) is 4.05. The van der Waals surface area contributed by atoms with Crippen LogP contribution in [0.4, 0.5) is 0 Å². The summed E-state index contributed by atoms with van der Waals surface area (Å²) in [5.41, 5.74) is 4.15. The van der Waals surface area contributed by atoms with Gasteiger partial charge in [0.1, 0.15) is 0 Å². The summed E-state index contributed by atoms with van der Waals surface area (Å²) < 4.78 is 2.25. The second kappa shape index (κ2) is 5.35. The van der Waals surface area contributed by atoms with Crippen LogP contribution in [0.1, 0.15) is 17.5 Å². The van der Waals surface area contributed by atoms with Gasteiger partial charge in [0.25, 0.3) is 0 Å². The molecule has 1 aromatic carbocycles. The summed E-state index contributed by atoms with van der Waals surface area (Å²) in [6.07, 6.45) is 3.55. The van der Waals surface area contributed by atoms with Crippen molar-refractivity contribution in [2.24, 2.45) is 7.05 Å². The fourth-order valence-electron chi connectivity index (χ4n) is 3.01. The molecular weight excluding hydrogens is 234 g/mol. The number of aryl methyl sites for hydroxylation is 2. The molecule has 19 heavy (non-hydrogen) atoms. The molecule has 3 heteroatoms. The predicted octanol–water partition coefficient (Wildman–Crippen LogP) is 2.28. The van der Waals surface area contributed by atoms with Gasteiger partial charge in [-0.25, -0.2) is 0 Å². The third kappa shape index (κ3) is 2.67. The zero-order valence-corrected chi connectivity index (χ0v) is 11.9. The van der Waals surface area contributed by atoms with Crippen LogP contribution in [0.3, 0.4) is 0 Å². The molecule has 2 aromatic rings. The molecule has 0 bridgehead atoms. The molecule has 0 saturated carbocycles. The van der Waals surface area contributed by atoms with E-state index in [4.69, 9.17) is 0 Å². The standard InChI is InChI=1S/C16H23N3/c1-13-4-5-16-15(10-13)14(11-18(16)2)12-19-8-3-6-17-7-9-19/h4-5,10-11,17H,3,6-9,12H2,1-2H3. The van der Waals surface area contributed by atoms with Gasteiger partial charge in [0, 0.05) is 43.8 Å². The largest absolute Gasteiger partial charge is 0.350 e. The van der Waals surface area contributed by atoms with E-state index in [1.807, 2.05) is 0 Å². The molecule has 2 heterocycles. The number of hydrogen-bond donors (Lipinski definition) is 1. The smallest absolute Gasteiger partial charge is 0.0481 e. The van der Waals surface area contributed by atoms with Crippen LogP contribution in [0, 0.1) is 6.92 Å². The summed E-state index contributed by atoms with van der Waals surface area (Å²) in [5.74, 6) is 0. The van der Waals surface area contributed by atoms with E-state index in [0.717, 1.165) is 26.2 Å². The Morgan fingerprint density at radius 1 is 1.21 bits per heavy atom. The molecule has 102 valence electrons. The van der Waals surface area contributed by atoms with Gasteiger partial charge in [-0.3, -0.25) is 4.90 Å². The Bertz CT molecular complexity index is 563. The van der Waals surface area contributed by atoms with Gasteiger partial charge in [-0.15, -0.1) is 0 Å². The van der Waals surface area contributed by atoms with E-state index < -0.39 is 0 Å². The van der Waals surface area contributed by atoms with Gasteiger partial charge in [0.05, 0.1) is 0 Å². The highest BCUT2D eigenvalue weighted by Crippen LogP contribution is 2.23. The topological polar surface area (TPSA) is 20.2 Å². The minimum atomic E-state index is 1.07. The molecule has 1 N–H and O–H groups in total. The van der Waals surface area contributed by atoms with Gasteiger partial charge < -0.3 is 9.88 Å². The van der Waals surface area contributed by atoms with Crippen molar-refractivity contribution in [2.75, 3.05) is 26.2 Å². The van der Waals surface area contributed by atoms with Crippen molar-refractivity contribution in [3.63, 3.8) is 0 Å². The maximum absolute atomic E-state index is 3.47. The number of hydrogen-bond acceptors (Lipinski definition) is 2. The average Bonchev–Trinajstić information content (AvgIpc) is 2.58. The molecule has 1 saturated heterocycles. The van der Waals surface area contributed by atoms with Gasteiger partial charge in [-0.05, 0) is 44.1 Å². The molecule has 3 rings (SSSR count). The van der Waals surface area contributed by atoms with Crippen LogP contribution in [-0.2, 0) is 13.6 Å². The Morgan fingerprint density at radius 3 is 3.00 bits per heavy atom. The van der Waals surface area contributed by atoms with Gasteiger partial charge in [-0.2, -0.15) is 0 Å². The van der Waals surface area contributed by atoms with E-state index in [-0.39, 0.29) is 0 Å². The molecule has 0 atom stereocenters. The molecule has 3 nitrogen and oxygen atoms in total. The van der Waals surface area contributed by atoms with Gasteiger partial charge in [0.2, 0.25) is 0 Å². The zero-order valence-electron chi connectivity index (χ0n) is 11.9. The Labute approximate surface area is 115 Å². The maximum atomic E-state index is 3.47. The van der Waals surface area contributed by atoms with Gasteiger partial charge in [-0.1, -0.05) is 11.6 Å². The Kier molecular flexibility index (Phi) is 3.58. The monoisotopic (exact) mass is 257 g/mol. The molecule has 0 aliphatic carbocycles. The van der Waals surface area contributed by atoms with E-state index in [0.29, 0.717) is 0 Å². The van der Waals surface area contributed by atoms with E-state index in [9.17, 15) is 0 Å². The molecule has 1 aliphatic heterocycles. The van der Waals surface area contributed by atoms with Crippen molar-refractivity contribution < 1.29 is 0 Å². The molecule has 0 spiro atoms. The fourth-order valence-corrected chi connectivity index (χ4v) is 3.01. The van der Waals surface area contributed by atoms with E-state index in [2.05, 4.69) is 53.2 Å². The van der Waals surface area contributed by atoms with Crippen molar-refractivity contribution in [3.8, 4) is 0 Å². The van der Waals surface area contributed by atoms with E-state index >= 15 is 0 Å². The molecule has 0 unspecified atom stereocenters. The fraction of sp³-hybridized carbons (Fsp3) is 0.500. The number of nitrogens with one attached hydrogen (secondary N) is 1. The lowest BCUT2D eigenvalue weighted by atomic mass is 10.1. The maximum Gasteiger partial charge on any atom is 0.0481 e. The van der Waals surface area contributed by atoms with Crippen LogP contribution in [0.2, 0.25) is 0 Å². The first-order chi connectivity index (χ1) is 9.24. The van der Waals surface area contributed by atoms with Crippen LogP contribution in [0.25, 0.3) is 10.9 Å². The highest BCUT2D eigenvalue weighted by atomic mass is 15.2. The van der Waals surface area contributed by atoms with E-state index in [1.54, 1.807) is 0 Å². The summed E-state index contributed by atoms with van der Waals surface area (Å²) in [6, 6.07) is 6.75. The molecule has 0 amide bonds. The summed E-state index contributed by atoms with van der Waals surface area (Å²) in [6.45, 7) is 7.88. The molecule has 1 aliphatic rings. The zero-order chi connectivity index (χ0) is 13.2. The Morgan fingerprint density at radius 2 is 2.11 bits per heavy atom. The average molecular weight is 257 g/mol. The lowest BCUT2D eigenvalue weighted by Gasteiger charge is -2.18. The first-order valence-electron chi connectivity index (χ1n) is 7.22. The highest BCUT2D eigenvalue weighted by molar-refractivity contribution is 5.84. The molecule has 1 aromatic heterocycles. The molecule has 0 radical (unpaired) electrons. The number of nitrogens with zero attached hydrogens (tertiary/aromatic N) is 2. The van der Waals surface area contributed by atoms with Crippen molar-refractivity contribution in [2.45, 2.75) is 19.9 Å². The second-order valence-electron chi connectivity index (χ2n) is 5.67. The summed E-state index contributed by atoms with van der Waals surface area (Å²) in [4.78, 5) is 2.57. The third-order valence-electron chi connectivity index (χ3n) is 4.05. The number of benzene rings is 1. The van der Waals surface area contributed by atoms with E-state index in [1.165, 1.54) is 35.0 Å². The lowest BCUT2D eigenvalue weighted by Crippen LogP contribution is -2.27. The van der Waals surface area contributed by atoms with Crippen molar-refractivity contribution in [1.82, 2.24) is 14.8 Å². The minimum absolute atomic E-state index is 1.07. The summed E-state index contributed by atoms with van der Waals surface area (Å²) in [7, 11) is 2.14. The van der Waals surface area contributed by atoms with Crippen molar-refractivity contribution >= 4 is 10.9 Å². The van der Waals surface area contributed by atoms with Crippen LogP contribution >= 0.6 is 0 Å². The normalized spacial score (nSPS) is 17.8. The Balaban J connectivity index is 1.89. The minimum Gasteiger partial charge on any atom is -0.350 e. The van der Waals surface area contributed by atoms with Crippen LogP contribution in [0.15, 0.2) is 24.4 Å². The van der Waals surface area contributed by atoms with Crippen molar-refractivity contribution in [1.29, 1.82) is 0 Å². The second-order valence-corrected chi connectivity index (χ2v) is 5.67. The van der Waals surface area contributed by atoms with Crippen LogP contribution in [0.5, 0.6) is 0 Å².